The minimum atomic E-state index is -4.22. The minimum Gasteiger partial charge on any atom is -0.237 e. The van der Waals surface area contributed by atoms with Gasteiger partial charge in [-0.05, 0) is 36.8 Å². The molecule has 1 aliphatic heterocycles. The van der Waals surface area contributed by atoms with E-state index in [0.29, 0.717) is 17.9 Å². The zero-order valence-corrected chi connectivity index (χ0v) is 16.9. The largest absolute Gasteiger partial charge is 0.393 e. The molecule has 2 atom stereocenters. The number of halogens is 3. The molecule has 0 saturated carbocycles. The molecule has 0 amide bonds. The van der Waals surface area contributed by atoms with Crippen molar-refractivity contribution < 1.29 is 17.4 Å². The zero-order chi connectivity index (χ0) is 19.4. The smallest absolute Gasteiger partial charge is 0.237 e. The Morgan fingerprint density at radius 3 is 2.28 bits per heavy atom. The van der Waals surface area contributed by atoms with Crippen molar-refractivity contribution in [3.05, 3.63) is 29.3 Å². The van der Waals surface area contributed by atoms with Crippen LogP contribution in [0.5, 0.6) is 0 Å². The number of rotatable bonds is 2. The molecule has 6 heteroatoms. The van der Waals surface area contributed by atoms with Gasteiger partial charge in [0.05, 0.1) is 10.8 Å². The van der Waals surface area contributed by atoms with E-state index in [0.717, 1.165) is 11.1 Å². The summed E-state index contributed by atoms with van der Waals surface area (Å²) in [7, 11) is -1.56. The Labute approximate surface area is 152 Å². The second kappa shape index (κ2) is 8.67. The molecule has 144 valence electrons. The van der Waals surface area contributed by atoms with Crippen LogP contribution in [0.3, 0.4) is 0 Å². The predicted molar refractivity (Wildman–Crippen MR) is 98.0 cm³/mol. The summed E-state index contributed by atoms with van der Waals surface area (Å²) in [5.41, 5.74) is 1.78. The first-order chi connectivity index (χ1) is 11.5. The van der Waals surface area contributed by atoms with E-state index in [1.807, 2.05) is 53.7 Å². The van der Waals surface area contributed by atoms with Crippen molar-refractivity contribution in [2.75, 3.05) is 13.1 Å². The highest BCUT2D eigenvalue weighted by molar-refractivity contribution is 7.82. The van der Waals surface area contributed by atoms with Crippen molar-refractivity contribution >= 4 is 11.0 Å². The first kappa shape index (κ1) is 22.2. The highest BCUT2D eigenvalue weighted by Gasteiger charge is 2.43. The number of hydrogen-bond acceptors (Lipinski definition) is 1. The fourth-order valence-electron chi connectivity index (χ4n) is 2.88. The van der Waals surface area contributed by atoms with Crippen molar-refractivity contribution in [3.8, 4) is 0 Å². The van der Waals surface area contributed by atoms with Gasteiger partial charge in [-0.25, -0.2) is 8.51 Å². The molecular weight excluding hydrogens is 347 g/mol. The summed E-state index contributed by atoms with van der Waals surface area (Å²) >= 11 is 0. The molecule has 0 radical (unpaired) electrons. The molecule has 0 N–H and O–H groups in total. The van der Waals surface area contributed by atoms with Crippen LogP contribution in [0.15, 0.2) is 23.1 Å². The summed E-state index contributed by atoms with van der Waals surface area (Å²) in [6, 6.07) is 5.65. The molecule has 25 heavy (non-hydrogen) atoms. The molecule has 2 nitrogen and oxygen atoms in total. The number of hydrogen-bond donors (Lipinski definition) is 0. The van der Waals surface area contributed by atoms with Gasteiger partial charge in [0.2, 0.25) is 0 Å². The van der Waals surface area contributed by atoms with Gasteiger partial charge in [-0.1, -0.05) is 52.3 Å². The van der Waals surface area contributed by atoms with Crippen LogP contribution in [-0.2, 0) is 16.4 Å². The van der Waals surface area contributed by atoms with Gasteiger partial charge in [0.15, 0.2) is 0 Å². The van der Waals surface area contributed by atoms with E-state index in [2.05, 4.69) is 0 Å². The van der Waals surface area contributed by atoms with E-state index < -0.39 is 23.1 Å². The van der Waals surface area contributed by atoms with Crippen LogP contribution in [-0.4, -0.2) is 27.8 Å². The third-order valence-electron chi connectivity index (χ3n) is 4.21. The summed E-state index contributed by atoms with van der Waals surface area (Å²) in [4.78, 5) is 0.630. The molecule has 1 saturated heterocycles. The van der Waals surface area contributed by atoms with E-state index in [9.17, 15) is 17.4 Å². The van der Waals surface area contributed by atoms with Crippen LogP contribution in [0.4, 0.5) is 13.2 Å². The Kier molecular flexibility index (Phi) is 7.69. The lowest BCUT2D eigenvalue weighted by molar-refractivity contribution is -0.182. The number of alkyl halides is 3. The third-order valence-corrected chi connectivity index (χ3v) is 5.75. The fraction of sp³-hybridized carbons (Fsp3) is 0.684. The standard InChI is InChI=1S/C17H24F3NOS.C2H6/c1-12-7-8-15(14(10-12)16(2,3)4)23(22)21-9-5-6-13(11-21)17(18,19)20;1-2/h7-8,10,13H,5-6,9,11H2,1-4H3;1-2H3. The zero-order valence-electron chi connectivity index (χ0n) is 16.0. The molecule has 1 aromatic rings. The van der Waals surface area contributed by atoms with Crippen molar-refractivity contribution in [1.82, 2.24) is 4.31 Å². The lowest BCUT2D eigenvalue weighted by Crippen LogP contribution is -2.42. The third kappa shape index (κ3) is 5.81. The van der Waals surface area contributed by atoms with Crippen LogP contribution < -0.4 is 0 Å². The van der Waals surface area contributed by atoms with Crippen molar-refractivity contribution in [3.63, 3.8) is 0 Å². The van der Waals surface area contributed by atoms with Crippen LogP contribution in [0.25, 0.3) is 0 Å². The predicted octanol–water partition coefficient (Wildman–Crippen LogP) is 5.62. The van der Waals surface area contributed by atoms with Gasteiger partial charge in [0.25, 0.3) is 0 Å². The lowest BCUT2D eigenvalue weighted by Gasteiger charge is -2.34. The highest BCUT2D eigenvalue weighted by atomic mass is 32.2. The molecule has 1 aliphatic rings. The van der Waals surface area contributed by atoms with Gasteiger partial charge in [-0.15, -0.1) is 0 Å². The van der Waals surface area contributed by atoms with Crippen LogP contribution >= 0.6 is 0 Å². The molecular formula is C19H30F3NOS. The average Bonchev–Trinajstić information content (AvgIpc) is 2.54. The number of aryl methyl sites for hydroxylation is 1. The number of piperidine rings is 1. The van der Waals surface area contributed by atoms with E-state index in [1.54, 1.807) is 6.07 Å². The summed E-state index contributed by atoms with van der Waals surface area (Å²) in [5, 5.41) is 0. The number of benzene rings is 1. The summed E-state index contributed by atoms with van der Waals surface area (Å²) in [6.45, 7) is 12.3. The van der Waals surface area contributed by atoms with Crippen molar-refractivity contribution in [1.29, 1.82) is 0 Å². The summed E-state index contributed by atoms with van der Waals surface area (Å²) in [6.07, 6.45) is -3.67. The molecule has 2 rings (SSSR count). The van der Waals surface area contributed by atoms with Gasteiger partial charge in [0, 0.05) is 13.1 Å². The van der Waals surface area contributed by atoms with E-state index in [4.69, 9.17) is 0 Å². The van der Waals surface area contributed by atoms with E-state index in [-0.39, 0.29) is 18.4 Å². The Balaban J connectivity index is 0.00000151. The van der Waals surface area contributed by atoms with Crippen LogP contribution in [0, 0.1) is 12.8 Å². The quantitative estimate of drug-likeness (QED) is 0.655. The Hall–Kier alpha value is -0.880. The second-order valence-corrected chi connectivity index (χ2v) is 8.72. The average molecular weight is 378 g/mol. The number of nitrogens with zero attached hydrogens (tertiary/aromatic N) is 1. The molecule has 1 heterocycles. The minimum absolute atomic E-state index is 0.122. The summed E-state index contributed by atoms with van der Waals surface area (Å²) < 4.78 is 53.3. The van der Waals surface area contributed by atoms with Crippen molar-refractivity contribution in [2.45, 2.75) is 70.9 Å². The maximum absolute atomic E-state index is 13.0. The van der Waals surface area contributed by atoms with E-state index >= 15 is 0 Å². The first-order valence-electron chi connectivity index (χ1n) is 8.85. The van der Waals surface area contributed by atoms with Gasteiger partial charge in [0.1, 0.15) is 11.0 Å². The molecule has 0 aliphatic carbocycles. The van der Waals surface area contributed by atoms with Crippen LogP contribution in [0.1, 0.15) is 58.6 Å². The molecule has 0 aromatic heterocycles. The fourth-order valence-corrected chi connectivity index (χ4v) is 4.51. The maximum atomic E-state index is 13.0. The van der Waals surface area contributed by atoms with Gasteiger partial charge >= 0.3 is 6.18 Å². The van der Waals surface area contributed by atoms with Gasteiger partial charge in [-0.3, -0.25) is 0 Å². The van der Waals surface area contributed by atoms with Crippen LogP contribution in [0.2, 0.25) is 0 Å². The second-order valence-electron chi connectivity index (χ2n) is 7.27. The summed E-state index contributed by atoms with van der Waals surface area (Å²) in [5.74, 6) is -1.39. The van der Waals surface area contributed by atoms with E-state index in [1.165, 1.54) is 4.31 Å². The first-order valence-corrected chi connectivity index (χ1v) is 9.95. The molecule has 0 spiro atoms. The normalized spacial score (nSPS) is 20.6. The molecule has 1 fully saturated rings. The molecule has 2 unspecified atom stereocenters. The highest BCUT2D eigenvalue weighted by Crippen LogP contribution is 2.36. The van der Waals surface area contributed by atoms with Gasteiger partial charge < -0.3 is 0 Å². The Bertz CT molecular complexity index is 593. The van der Waals surface area contributed by atoms with Crippen molar-refractivity contribution in [2.24, 2.45) is 5.92 Å². The molecule has 1 aromatic carbocycles. The SMILES string of the molecule is CC.Cc1ccc(S(=O)N2CCCC(C(F)(F)F)C2)c(C(C)(C)C)c1. The topological polar surface area (TPSA) is 20.3 Å². The lowest BCUT2D eigenvalue weighted by atomic mass is 9.86. The Morgan fingerprint density at radius 1 is 1.16 bits per heavy atom. The van der Waals surface area contributed by atoms with Gasteiger partial charge in [-0.2, -0.15) is 13.2 Å². The molecule has 0 bridgehead atoms. The Morgan fingerprint density at radius 2 is 1.76 bits per heavy atom. The monoisotopic (exact) mass is 377 g/mol. The maximum Gasteiger partial charge on any atom is 0.393 e.